The third-order valence-corrected chi connectivity index (χ3v) is 4.04. The Labute approximate surface area is 124 Å². The number of hydrogen-bond donors (Lipinski definition) is 1. The minimum absolute atomic E-state index is 0.157. The van der Waals surface area contributed by atoms with Crippen molar-refractivity contribution in [1.82, 2.24) is 15.0 Å². The Hall–Kier alpha value is -1.20. The van der Waals surface area contributed by atoms with Gasteiger partial charge in [-0.15, -0.1) is 0 Å². The summed E-state index contributed by atoms with van der Waals surface area (Å²) >= 11 is 6.40. The zero-order valence-corrected chi connectivity index (χ0v) is 13.0. The third kappa shape index (κ3) is 3.46. The summed E-state index contributed by atoms with van der Waals surface area (Å²) in [7, 11) is 0. The number of aromatic nitrogens is 2. The van der Waals surface area contributed by atoms with E-state index in [1.165, 1.54) is 6.42 Å². The summed E-state index contributed by atoms with van der Waals surface area (Å²) in [4.78, 5) is 6.46. The second kappa shape index (κ2) is 6.50. The van der Waals surface area contributed by atoms with E-state index in [1.807, 2.05) is 0 Å². The maximum Gasteiger partial charge on any atom is 0.223 e. The summed E-state index contributed by atoms with van der Waals surface area (Å²) in [5.74, 6) is 0.712. The van der Waals surface area contributed by atoms with Crippen LogP contribution in [-0.4, -0.2) is 39.9 Å². The Bertz CT molecular complexity index is 521. The van der Waals surface area contributed by atoms with Crippen molar-refractivity contribution in [2.75, 3.05) is 13.1 Å². The summed E-state index contributed by atoms with van der Waals surface area (Å²) in [6, 6.07) is 0.481. The number of allylic oxidation sites excluding steroid dienone is 1. The van der Waals surface area contributed by atoms with E-state index in [-0.39, 0.29) is 11.5 Å². The first-order chi connectivity index (χ1) is 9.49. The molecule has 1 aromatic heterocycles. The number of nitrogens with one attached hydrogen (secondary N) is 1. The molecule has 0 aliphatic carbocycles. The molecule has 1 fully saturated rings. The first-order valence-corrected chi connectivity index (χ1v) is 7.38. The van der Waals surface area contributed by atoms with E-state index in [1.54, 1.807) is 6.92 Å². The van der Waals surface area contributed by atoms with Crippen LogP contribution in [0, 0.1) is 12.3 Å². The lowest BCUT2D eigenvalue weighted by Gasteiger charge is -2.25. The van der Waals surface area contributed by atoms with E-state index < -0.39 is 0 Å². The molecule has 0 atom stereocenters. The van der Waals surface area contributed by atoms with Gasteiger partial charge in [-0.25, -0.2) is 0 Å². The Kier molecular flexibility index (Phi) is 4.94. The van der Waals surface area contributed by atoms with Crippen LogP contribution in [0.2, 0.25) is 0 Å². The van der Waals surface area contributed by atoms with Crippen molar-refractivity contribution in [2.24, 2.45) is 0 Å². The van der Waals surface area contributed by atoms with Crippen molar-refractivity contribution in [3.8, 4) is 0 Å². The first kappa shape index (κ1) is 15.2. The highest BCUT2D eigenvalue weighted by molar-refractivity contribution is 6.45. The van der Waals surface area contributed by atoms with Crippen molar-refractivity contribution >= 4 is 17.3 Å². The van der Waals surface area contributed by atoms with E-state index in [0.717, 1.165) is 31.5 Å². The van der Waals surface area contributed by atoms with Gasteiger partial charge in [-0.2, -0.15) is 4.98 Å². The predicted molar refractivity (Wildman–Crippen MR) is 79.3 cm³/mol. The van der Waals surface area contributed by atoms with Gasteiger partial charge in [0.1, 0.15) is 5.71 Å². The highest BCUT2D eigenvalue weighted by Crippen LogP contribution is 2.24. The van der Waals surface area contributed by atoms with Gasteiger partial charge in [0.15, 0.2) is 0 Å². The van der Waals surface area contributed by atoms with Crippen LogP contribution in [0.25, 0.3) is 0 Å². The molecule has 0 aromatic carbocycles. The lowest BCUT2D eigenvalue weighted by atomic mass is 10.1. The van der Waals surface area contributed by atoms with Crippen molar-refractivity contribution in [3.63, 3.8) is 0 Å². The van der Waals surface area contributed by atoms with E-state index >= 15 is 0 Å². The van der Waals surface area contributed by atoms with Crippen molar-refractivity contribution in [2.45, 2.75) is 46.1 Å². The van der Waals surface area contributed by atoms with E-state index in [9.17, 15) is 0 Å². The van der Waals surface area contributed by atoms with Gasteiger partial charge in [0.2, 0.25) is 11.7 Å². The second-order valence-corrected chi connectivity index (χ2v) is 5.83. The molecule has 1 N–H and O–H groups in total. The number of likely N-dealkylation sites (tertiary alicyclic amines) is 1. The standard InChI is InChI=1S/C14H21ClN4O/c1-9(2)19-7-5-4-6-11(8-19)12(15)13(16)14-17-10(3)20-18-14/h9,16H,4-8H2,1-3H3/b12-11-,16-13?. The molecule has 0 saturated carbocycles. The molecule has 6 heteroatoms. The minimum atomic E-state index is 0.157. The molecular formula is C14H21ClN4O. The molecule has 1 aliphatic rings. The normalized spacial score (nSPS) is 20.1. The fourth-order valence-electron chi connectivity index (χ4n) is 2.35. The van der Waals surface area contributed by atoms with E-state index in [4.69, 9.17) is 21.5 Å². The second-order valence-electron chi connectivity index (χ2n) is 5.45. The highest BCUT2D eigenvalue weighted by Gasteiger charge is 2.21. The summed E-state index contributed by atoms with van der Waals surface area (Å²) in [6.45, 7) is 7.97. The number of nitrogens with zero attached hydrogens (tertiary/aromatic N) is 3. The monoisotopic (exact) mass is 296 g/mol. The van der Waals surface area contributed by atoms with Crippen molar-refractivity contribution in [3.05, 3.63) is 22.3 Å². The molecule has 110 valence electrons. The Morgan fingerprint density at radius 1 is 1.40 bits per heavy atom. The zero-order valence-electron chi connectivity index (χ0n) is 12.2. The molecule has 5 nitrogen and oxygen atoms in total. The van der Waals surface area contributed by atoms with E-state index in [2.05, 4.69) is 28.9 Å². The molecule has 2 heterocycles. The lowest BCUT2D eigenvalue weighted by Crippen LogP contribution is -2.32. The van der Waals surface area contributed by atoms with Gasteiger partial charge >= 0.3 is 0 Å². The average molecular weight is 297 g/mol. The van der Waals surface area contributed by atoms with Gasteiger partial charge in [-0.05, 0) is 45.2 Å². The van der Waals surface area contributed by atoms with Gasteiger partial charge in [0, 0.05) is 19.5 Å². The topological polar surface area (TPSA) is 66.0 Å². The van der Waals surface area contributed by atoms with Crippen LogP contribution < -0.4 is 0 Å². The number of halogens is 1. The molecule has 2 rings (SSSR count). The SMILES string of the molecule is Cc1nc(C(=N)/C(Cl)=C2\CCCCN(C(C)C)C2)no1. The molecule has 0 spiro atoms. The average Bonchev–Trinajstić information content (AvgIpc) is 2.70. The van der Waals surface area contributed by atoms with Gasteiger partial charge < -0.3 is 4.52 Å². The fraction of sp³-hybridized carbons (Fsp3) is 0.643. The van der Waals surface area contributed by atoms with Gasteiger partial charge in [0.05, 0.1) is 5.03 Å². The number of rotatable bonds is 3. The van der Waals surface area contributed by atoms with Crippen LogP contribution in [0.15, 0.2) is 15.1 Å². The smallest absolute Gasteiger partial charge is 0.223 e. The van der Waals surface area contributed by atoms with Crippen molar-refractivity contribution < 1.29 is 4.52 Å². The maximum absolute atomic E-state index is 8.14. The molecule has 1 aromatic rings. The van der Waals surface area contributed by atoms with Crippen LogP contribution in [0.3, 0.4) is 0 Å². The van der Waals surface area contributed by atoms with Crippen molar-refractivity contribution in [1.29, 1.82) is 5.41 Å². The number of hydrogen-bond acceptors (Lipinski definition) is 5. The molecular weight excluding hydrogens is 276 g/mol. The van der Waals surface area contributed by atoms with Crippen LogP contribution in [-0.2, 0) is 0 Å². The summed E-state index contributed by atoms with van der Waals surface area (Å²) < 4.78 is 4.91. The maximum atomic E-state index is 8.14. The predicted octanol–water partition coefficient (Wildman–Crippen LogP) is 3.13. The molecule has 0 radical (unpaired) electrons. The Morgan fingerprint density at radius 2 is 2.15 bits per heavy atom. The fourth-order valence-corrected chi connectivity index (χ4v) is 2.59. The van der Waals surface area contributed by atoms with Crippen LogP contribution >= 0.6 is 11.6 Å². The molecule has 0 amide bonds. The van der Waals surface area contributed by atoms with E-state index in [0.29, 0.717) is 17.0 Å². The lowest BCUT2D eigenvalue weighted by molar-refractivity contribution is 0.246. The van der Waals surface area contributed by atoms with Gasteiger partial charge in [-0.1, -0.05) is 16.8 Å². The number of aryl methyl sites for hydroxylation is 1. The van der Waals surface area contributed by atoms with Crippen LogP contribution in [0.4, 0.5) is 0 Å². The third-order valence-electron chi connectivity index (χ3n) is 3.58. The molecule has 0 bridgehead atoms. The minimum Gasteiger partial charge on any atom is -0.339 e. The zero-order chi connectivity index (χ0) is 14.7. The molecule has 20 heavy (non-hydrogen) atoms. The molecule has 0 unspecified atom stereocenters. The summed E-state index contributed by atoms with van der Waals surface area (Å²) in [6.07, 6.45) is 3.20. The van der Waals surface area contributed by atoms with Gasteiger partial charge in [-0.3, -0.25) is 10.3 Å². The molecule has 1 aliphatic heterocycles. The Balaban J connectivity index is 2.22. The van der Waals surface area contributed by atoms with Crippen LogP contribution in [0.1, 0.15) is 44.8 Å². The quantitative estimate of drug-likeness (QED) is 0.870. The summed E-state index contributed by atoms with van der Waals surface area (Å²) in [5.41, 5.74) is 1.26. The Morgan fingerprint density at radius 3 is 2.75 bits per heavy atom. The van der Waals surface area contributed by atoms with Crippen LogP contribution in [0.5, 0.6) is 0 Å². The highest BCUT2D eigenvalue weighted by atomic mass is 35.5. The molecule has 1 saturated heterocycles. The largest absolute Gasteiger partial charge is 0.339 e. The first-order valence-electron chi connectivity index (χ1n) is 7.00. The van der Waals surface area contributed by atoms with Gasteiger partial charge in [0.25, 0.3) is 0 Å². The summed E-state index contributed by atoms with van der Waals surface area (Å²) in [5, 5.41) is 12.4.